The second kappa shape index (κ2) is 2.86. The maximum Gasteiger partial charge on any atom is 0.404 e. The van der Waals surface area contributed by atoms with Gasteiger partial charge in [0.25, 0.3) is 0 Å². The first-order valence-electron chi connectivity index (χ1n) is 4.80. The fourth-order valence-corrected chi connectivity index (χ4v) is 0.157. The van der Waals surface area contributed by atoms with Crippen LogP contribution in [0.3, 0.4) is 0 Å². The summed E-state index contributed by atoms with van der Waals surface area (Å²) in [5.41, 5.74) is -1.65. The predicted octanol–water partition coefficient (Wildman–Crippen LogP) is 1.77. The first-order chi connectivity index (χ1) is 5.92. The molecule has 0 radical (unpaired) electrons. The van der Waals surface area contributed by atoms with Gasteiger partial charge in [0.05, 0.1) is 7.45 Å². The smallest absolute Gasteiger partial charge is 0.404 e. The van der Waals surface area contributed by atoms with Crippen molar-refractivity contribution in [2.24, 2.45) is 0 Å². The summed E-state index contributed by atoms with van der Waals surface area (Å²) < 4.78 is 51.6. The third-order valence-corrected chi connectivity index (χ3v) is 0.259. The minimum atomic E-state index is -3.33. The lowest BCUT2D eigenvalue weighted by atomic mass is 10.5. The first kappa shape index (κ1) is 1.38. The van der Waals surface area contributed by atoms with E-state index in [0.717, 1.165) is 0 Å². The van der Waals surface area contributed by atoms with Crippen molar-refractivity contribution < 1.29 is 19.1 Å². The third kappa shape index (κ3) is 5.76. The van der Waals surface area contributed by atoms with Crippen molar-refractivity contribution in [2.45, 2.75) is 19.8 Å². The molecule has 2 nitrogen and oxygen atoms in total. The van der Waals surface area contributed by atoms with Crippen LogP contribution in [0.1, 0.15) is 23.3 Å². The van der Waals surface area contributed by atoms with Gasteiger partial charge < -0.3 is 4.74 Å². The third-order valence-electron chi connectivity index (χ3n) is 0.182. The van der Waals surface area contributed by atoms with Crippen LogP contribution < -0.4 is 0 Å². The van der Waals surface area contributed by atoms with Gasteiger partial charge in [-0.3, -0.25) is 0 Å². The largest absolute Gasteiger partial charge is 0.451 e. The number of halogens is 1. The summed E-state index contributed by atoms with van der Waals surface area (Å²) in [6.07, 6.45) is -3.33. The molecule has 0 aromatic heterocycles. The van der Waals surface area contributed by atoms with Crippen LogP contribution in [0.15, 0.2) is 0 Å². The molecule has 0 amide bonds. The lowest BCUT2D eigenvalue weighted by Crippen LogP contribution is -2.03. The summed E-state index contributed by atoms with van der Waals surface area (Å²) in [6.45, 7) is -6.61. The van der Waals surface area contributed by atoms with E-state index in [4.69, 9.17) is 21.2 Å². The van der Waals surface area contributed by atoms with Gasteiger partial charge in [-0.05, 0) is 13.7 Å². The maximum absolute atomic E-state index is 10.3. The molecule has 0 rings (SSSR count). The van der Waals surface area contributed by atoms with Crippen LogP contribution in [-0.4, -0.2) is 11.5 Å². The molecule has 0 bridgehead atoms. The molecular formula is C4H7ClO2. The summed E-state index contributed by atoms with van der Waals surface area (Å²) in [7, 11) is 0. The molecule has 0 aliphatic rings. The standard InChI is InChI=1S/C4H7ClO2/c1-3(2)7-4(5)6/h3H,1-2H3/i1D3,2D3,3D. The number of hydrogen-bond acceptors (Lipinski definition) is 2. The van der Waals surface area contributed by atoms with Crippen molar-refractivity contribution in [1.29, 1.82) is 0 Å². The molecular weight excluding hydrogens is 115 g/mol. The second-order valence-electron chi connectivity index (χ2n) is 0.669. The molecule has 0 saturated heterocycles. The van der Waals surface area contributed by atoms with Gasteiger partial charge >= 0.3 is 5.43 Å². The second-order valence-corrected chi connectivity index (χ2v) is 0.977. The van der Waals surface area contributed by atoms with Gasteiger partial charge in [0.15, 0.2) is 0 Å². The molecule has 3 heteroatoms. The number of hydrogen-bond donors (Lipinski definition) is 0. The Morgan fingerprint density at radius 3 is 2.86 bits per heavy atom. The van der Waals surface area contributed by atoms with Crippen LogP contribution >= 0.6 is 11.6 Å². The van der Waals surface area contributed by atoms with E-state index in [0.29, 0.717) is 0 Å². The summed E-state index contributed by atoms with van der Waals surface area (Å²) in [4.78, 5) is 10.3. The van der Waals surface area contributed by atoms with E-state index >= 15 is 0 Å². The Bertz CT molecular complexity index is 217. The van der Waals surface area contributed by atoms with E-state index in [2.05, 4.69) is 4.74 Å². The molecule has 0 aliphatic carbocycles. The first-order valence-corrected chi connectivity index (χ1v) is 1.68. The maximum atomic E-state index is 10.3. The molecule has 7 heavy (non-hydrogen) atoms. The van der Waals surface area contributed by atoms with Gasteiger partial charge in [-0.2, -0.15) is 0 Å². The Morgan fingerprint density at radius 2 is 2.71 bits per heavy atom. The molecule has 42 valence electrons. The highest BCUT2D eigenvalue weighted by molar-refractivity contribution is 6.61. The molecule has 0 spiro atoms. The van der Waals surface area contributed by atoms with E-state index < -0.39 is 25.2 Å². The predicted molar refractivity (Wildman–Crippen MR) is 27.5 cm³/mol. The van der Waals surface area contributed by atoms with Crippen molar-refractivity contribution in [2.75, 3.05) is 0 Å². The summed E-state index contributed by atoms with van der Waals surface area (Å²) in [5.74, 6) is 0. The van der Waals surface area contributed by atoms with Crippen molar-refractivity contribution in [3.8, 4) is 0 Å². The fraction of sp³-hybridized carbons (Fsp3) is 0.750. The van der Waals surface area contributed by atoms with Gasteiger partial charge in [0.1, 0.15) is 0 Å². The number of rotatable bonds is 1. The van der Waals surface area contributed by atoms with Crippen molar-refractivity contribution in [3.63, 3.8) is 0 Å². The number of carbonyl (C=O) groups is 1. The van der Waals surface area contributed by atoms with Gasteiger partial charge in [-0.25, -0.2) is 4.79 Å². The van der Waals surface area contributed by atoms with E-state index in [9.17, 15) is 4.79 Å². The molecule has 0 fully saturated rings. The highest BCUT2D eigenvalue weighted by Crippen LogP contribution is 1.92. The lowest BCUT2D eigenvalue weighted by Gasteiger charge is -2.00. The topological polar surface area (TPSA) is 26.3 Å². The SMILES string of the molecule is [2H]C([2H])([2H])C([2H])(OC(=O)Cl)C([2H])([2H])[2H]. The summed E-state index contributed by atoms with van der Waals surface area (Å²) >= 11 is 4.69. The Morgan fingerprint density at radius 1 is 2.14 bits per heavy atom. The quantitative estimate of drug-likeness (QED) is 0.505. The van der Waals surface area contributed by atoms with E-state index in [-0.39, 0.29) is 0 Å². The molecule has 0 aromatic rings. The minimum absolute atomic E-state index is 1.65. The van der Waals surface area contributed by atoms with Crippen molar-refractivity contribution in [3.05, 3.63) is 0 Å². The minimum Gasteiger partial charge on any atom is -0.451 e. The average molecular weight is 130 g/mol. The van der Waals surface area contributed by atoms with Gasteiger partial charge in [-0.1, -0.05) is 0 Å². The Labute approximate surface area is 57.2 Å². The lowest BCUT2D eigenvalue weighted by molar-refractivity contribution is 0.141. The molecule has 0 aliphatic heterocycles. The van der Waals surface area contributed by atoms with Gasteiger partial charge in [0, 0.05) is 19.8 Å². The zero-order valence-corrected chi connectivity index (χ0v) is 3.95. The van der Waals surface area contributed by atoms with Crippen LogP contribution in [-0.2, 0) is 4.74 Å². The highest BCUT2D eigenvalue weighted by atomic mass is 35.5. The average Bonchev–Trinajstić information content (AvgIpc) is 1.79. The van der Waals surface area contributed by atoms with Crippen molar-refractivity contribution in [1.82, 2.24) is 0 Å². The fourth-order valence-electron chi connectivity index (χ4n) is 0.0802. The molecule has 0 saturated carbocycles. The molecule has 0 unspecified atom stereocenters. The van der Waals surface area contributed by atoms with E-state index in [1.54, 1.807) is 0 Å². The van der Waals surface area contributed by atoms with Gasteiger partial charge in [0.2, 0.25) is 0 Å². The van der Waals surface area contributed by atoms with Crippen LogP contribution in [0.5, 0.6) is 0 Å². The summed E-state index contributed by atoms with van der Waals surface area (Å²) in [6, 6.07) is 0. The van der Waals surface area contributed by atoms with Gasteiger partial charge in [-0.15, -0.1) is 0 Å². The zero-order valence-electron chi connectivity index (χ0n) is 10.2. The van der Waals surface area contributed by atoms with E-state index in [1.165, 1.54) is 0 Å². The molecule has 0 aromatic carbocycles. The Hall–Kier alpha value is -0.240. The van der Waals surface area contributed by atoms with Crippen LogP contribution in [0.25, 0.3) is 0 Å². The highest BCUT2D eigenvalue weighted by Gasteiger charge is 1.96. The molecule has 0 N–H and O–H groups in total. The Kier molecular flexibility index (Phi) is 0.562. The van der Waals surface area contributed by atoms with Crippen molar-refractivity contribution >= 4 is 17.0 Å². The summed E-state index contributed by atoms with van der Waals surface area (Å²) in [5, 5.41) is 0. The van der Waals surface area contributed by atoms with Crippen LogP contribution in [0.2, 0.25) is 0 Å². The zero-order chi connectivity index (χ0) is 11.8. The normalized spacial score (nSPS) is 29.0. The molecule has 0 atom stereocenters. The molecule has 0 heterocycles. The number of ether oxygens (including phenoxy) is 1. The van der Waals surface area contributed by atoms with E-state index in [1.807, 2.05) is 0 Å². The van der Waals surface area contributed by atoms with Crippen LogP contribution in [0.4, 0.5) is 4.79 Å². The van der Waals surface area contributed by atoms with Crippen LogP contribution in [0, 0.1) is 0 Å². The number of carbonyl (C=O) groups excluding carboxylic acids is 1. The monoisotopic (exact) mass is 129 g/mol. The Balaban J connectivity index is 5.18.